The molecule has 32 heavy (non-hydrogen) atoms. The highest BCUT2D eigenvalue weighted by molar-refractivity contribution is 7.92. The maximum atomic E-state index is 13.0. The Morgan fingerprint density at radius 1 is 1.06 bits per heavy atom. The van der Waals surface area contributed by atoms with Crippen molar-refractivity contribution in [2.45, 2.75) is 43.9 Å². The van der Waals surface area contributed by atoms with E-state index in [1.165, 1.54) is 38.5 Å². The van der Waals surface area contributed by atoms with E-state index in [1.807, 2.05) is 19.1 Å². The third-order valence-corrected chi connectivity index (χ3v) is 7.12. The van der Waals surface area contributed by atoms with Gasteiger partial charge in [-0.05, 0) is 81.2 Å². The van der Waals surface area contributed by atoms with Gasteiger partial charge < -0.3 is 15.0 Å². The molecule has 2 N–H and O–H groups in total. The first-order valence-corrected chi connectivity index (χ1v) is 12.7. The zero-order chi connectivity index (χ0) is 23.0. The average Bonchev–Trinajstić information content (AvgIpc) is 2.82. The lowest BCUT2D eigenvalue weighted by molar-refractivity contribution is 0.0951. The number of hydrogen-bond acceptors (Lipinski definition) is 5. The minimum absolute atomic E-state index is 0.0689. The van der Waals surface area contributed by atoms with Crippen LogP contribution in [0.5, 0.6) is 5.75 Å². The van der Waals surface area contributed by atoms with Gasteiger partial charge in [-0.25, -0.2) is 8.42 Å². The second-order valence-electron chi connectivity index (χ2n) is 8.03. The summed E-state index contributed by atoms with van der Waals surface area (Å²) in [5.74, 6) is -0.112. The molecular formula is C24H33N3O4S. The quantitative estimate of drug-likeness (QED) is 0.530. The van der Waals surface area contributed by atoms with Crippen LogP contribution in [-0.2, 0) is 16.4 Å². The van der Waals surface area contributed by atoms with E-state index in [0.717, 1.165) is 38.0 Å². The van der Waals surface area contributed by atoms with Gasteiger partial charge in [-0.15, -0.1) is 0 Å². The second kappa shape index (κ2) is 11.3. The van der Waals surface area contributed by atoms with Crippen molar-refractivity contribution in [1.82, 2.24) is 10.2 Å². The van der Waals surface area contributed by atoms with Crippen LogP contribution >= 0.6 is 0 Å². The molecule has 0 bridgehead atoms. The lowest BCUT2D eigenvalue weighted by Crippen LogP contribution is -2.33. The molecule has 1 aliphatic heterocycles. The molecule has 3 rings (SSSR count). The van der Waals surface area contributed by atoms with Crippen molar-refractivity contribution >= 4 is 21.6 Å². The van der Waals surface area contributed by atoms with Gasteiger partial charge in [-0.1, -0.05) is 25.5 Å². The molecule has 174 valence electrons. The summed E-state index contributed by atoms with van der Waals surface area (Å²) in [4.78, 5) is 15.0. The number of rotatable bonds is 10. The Morgan fingerprint density at radius 3 is 2.44 bits per heavy atom. The molecule has 0 spiro atoms. The SMILES string of the molecule is CCc1ccc(NS(=O)(=O)c2cc(C(=O)NCCCN3CCCCC3)ccc2OC)cc1. The summed E-state index contributed by atoms with van der Waals surface area (Å²) >= 11 is 0. The molecular weight excluding hydrogens is 426 g/mol. The number of benzene rings is 2. The third-order valence-electron chi connectivity index (χ3n) is 5.72. The Kier molecular flexibility index (Phi) is 8.53. The Morgan fingerprint density at radius 2 is 1.78 bits per heavy atom. The predicted molar refractivity (Wildman–Crippen MR) is 127 cm³/mol. The first-order chi connectivity index (χ1) is 15.4. The van der Waals surface area contributed by atoms with Crippen LogP contribution in [-0.4, -0.2) is 52.5 Å². The summed E-state index contributed by atoms with van der Waals surface area (Å²) < 4.78 is 33.9. The van der Waals surface area contributed by atoms with Crippen LogP contribution in [0.4, 0.5) is 5.69 Å². The Bertz CT molecular complexity index is 1000. The molecule has 0 aromatic heterocycles. The van der Waals surface area contributed by atoms with Crippen LogP contribution in [0.25, 0.3) is 0 Å². The molecule has 0 radical (unpaired) electrons. The van der Waals surface area contributed by atoms with Gasteiger partial charge in [0.15, 0.2) is 0 Å². The van der Waals surface area contributed by atoms with Crippen molar-refractivity contribution in [3.05, 3.63) is 53.6 Å². The molecule has 8 heteroatoms. The normalized spacial score (nSPS) is 14.7. The molecule has 2 aromatic rings. The maximum Gasteiger partial charge on any atom is 0.265 e. The van der Waals surface area contributed by atoms with Crippen molar-refractivity contribution in [3.8, 4) is 5.75 Å². The van der Waals surface area contributed by atoms with Crippen LogP contribution in [0.3, 0.4) is 0 Å². The summed E-state index contributed by atoms with van der Waals surface area (Å²) in [6, 6.07) is 11.7. The van der Waals surface area contributed by atoms with E-state index in [4.69, 9.17) is 4.74 Å². The van der Waals surface area contributed by atoms with E-state index >= 15 is 0 Å². The number of hydrogen-bond donors (Lipinski definition) is 2. The van der Waals surface area contributed by atoms with Crippen LogP contribution in [0.2, 0.25) is 0 Å². The number of aryl methyl sites for hydroxylation is 1. The molecule has 1 aliphatic rings. The molecule has 0 unspecified atom stereocenters. The number of piperidine rings is 1. The smallest absolute Gasteiger partial charge is 0.265 e. The zero-order valence-corrected chi connectivity index (χ0v) is 19.7. The van der Waals surface area contributed by atoms with Gasteiger partial charge in [0.05, 0.1) is 7.11 Å². The lowest BCUT2D eigenvalue weighted by atomic mass is 10.1. The molecule has 0 saturated carbocycles. The number of sulfonamides is 1. The number of methoxy groups -OCH3 is 1. The van der Waals surface area contributed by atoms with Gasteiger partial charge in [-0.3, -0.25) is 9.52 Å². The minimum Gasteiger partial charge on any atom is -0.495 e. The Hall–Kier alpha value is -2.58. The van der Waals surface area contributed by atoms with Crippen molar-refractivity contribution in [2.24, 2.45) is 0 Å². The van der Waals surface area contributed by atoms with Gasteiger partial charge >= 0.3 is 0 Å². The average molecular weight is 460 g/mol. The van der Waals surface area contributed by atoms with Crippen LogP contribution in [0.15, 0.2) is 47.4 Å². The zero-order valence-electron chi connectivity index (χ0n) is 18.9. The number of likely N-dealkylation sites (tertiary alicyclic amines) is 1. The van der Waals surface area contributed by atoms with Crippen LogP contribution in [0, 0.1) is 0 Å². The topological polar surface area (TPSA) is 87.7 Å². The minimum atomic E-state index is -3.93. The van der Waals surface area contributed by atoms with E-state index in [1.54, 1.807) is 18.2 Å². The number of anilines is 1. The van der Waals surface area contributed by atoms with E-state index in [-0.39, 0.29) is 22.1 Å². The fourth-order valence-electron chi connectivity index (χ4n) is 3.84. The number of carbonyl (C=O) groups is 1. The molecule has 0 atom stereocenters. The number of ether oxygens (including phenoxy) is 1. The summed E-state index contributed by atoms with van der Waals surface area (Å²) in [5.41, 5.74) is 1.85. The first-order valence-electron chi connectivity index (χ1n) is 11.2. The van der Waals surface area contributed by atoms with Gasteiger partial charge in [0.25, 0.3) is 15.9 Å². The van der Waals surface area contributed by atoms with Crippen molar-refractivity contribution in [2.75, 3.05) is 38.0 Å². The van der Waals surface area contributed by atoms with E-state index in [0.29, 0.717) is 12.2 Å². The summed E-state index contributed by atoms with van der Waals surface area (Å²) in [6.45, 7) is 5.80. The lowest BCUT2D eigenvalue weighted by Gasteiger charge is -2.26. The highest BCUT2D eigenvalue weighted by atomic mass is 32.2. The highest BCUT2D eigenvalue weighted by Gasteiger charge is 2.22. The van der Waals surface area contributed by atoms with Crippen molar-refractivity contribution < 1.29 is 17.9 Å². The molecule has 1 amide bonds. The molecule has 7 nitrogen and oxygen atoms in total. The Balaban J connectivity index is 1.66. The number of amides is 1. The molecule has 1 saturated heterocycles. The van der Waals surface area contributed by atoms with E-state index in [2.05, 4.69) is 14.9 Å². The largest absolute Gasteiger partial charge is 0.495 e. The highest BCUT2D eigenvalue weighted by Crippen LogP contribution is 2.27. The van der Waals surface area contributed by atoms with Gasteiger partial charge in [0, 0.05) is 17.8 Å². The summed E-state index contributed by atoms with van der Waals surface area (Å²) in [5, 5.41) is 2.90. The molecule has 0 aliphatic carbocycles. The summed E-state index contributed by atoms with van der Waals surface area (Å²) in [7, 11) is -2.53. The number of nitrogens with zero attached hydrogens (tertiary/aromatic N) is 1. The first kappa shape index (κ1) is 24.1. The standard InChI is InChI=1S/C24H33N3O4S/c1-3-19-8-11-21(12-9-19)26-32(29,30)23-18-20(10-13-22(23)31-2)24(28)25-14-7-17-27-15-5-4-6-16-27/h8-13,18,26H,3-7,14-17H2,1-2H3,(H,25,28). The van der Waals surface area contributed by atoms with Crippen LogP contribution in [0.1, 0.15) is 48.5 Å². The second-order valence-corrected chi connectivity index (χ2v) is 9.68. The van der Waals surface area contributed by atoms with Gasteiger partial charge in [0.1, 0.15) is 10.6 Å². The monoisotopic (exact) mass is 459 g/mol. The number of carbonyl (C=O) groups excluding carboxylic acids is 1. The predicted octanol–water partition coefficient (Wildman–Crippen LogP) is 3.66. The molecule has 1 fully saturated rings. The molecule has 1 heterocycles. The fourth-order valence-corrected chi connectivity index (χ4v) is 5.09. The van der Waals surface area contributed by atoms with Crippen molar-refractivity contribution in [1.29, 1.82) is 0 Å². The Labute approximate surface area is 191 Å². The van der Waals surface area contributed by atoms with Crippen LogP contribution < -0.4 is 14.8 Å². The van der Waals surface area contributed by atoms with Gasteiger partial charge in [-0.2, -0.15) is 0 Å². The maximum absolute atomic E-state index is 13.0. The fraction of sp³-hybridized carbons (Fsp3) is 0.458. The van der Waals surface area contributed by atoms with E-state index in [9.17, 15) is 13.2 Å². The third kappa shape index (κ3) is 6.46. The number of nitrogens with one attached hydrogen (secondary N) is 2. The molecule has 2 aromatic carbocycles. The summed E-state index contributed by atoms with van der Waals surface area (Å²) in [6.07, 6.45) is 5.52. The van der Waals surface area contributed by atoms with Gasteiger partial charge in [0.2, 0.25) is 0 Å². The van der Waals surface area contributed by atoms with E-state index < -0.39 is 10.0 Å². The van der Waals surface area contributed by atoms with Crippen molar-refractivity contribution in [3.63, 3.8) is 0 Å².